The largest absolute Gasteiger partial charge is 0.324 e. The molecule has 0 aliphatic heterocycles. The molecule has 19 heavy (non-hydrogen) atoms. The Morgan fingerprint density at radius 2 is 2.11 bits per heavy atom. The second-order valence-corrected chi connectivity index (χ2v) is 5.45. The SMILES string of the molecule is CCC(C)(C#N)C(=O)Nc1c(C)cccc1C(C)C. The second kappa shape index (κ2) is 5.88. The molecular weight excluding hydrogens is 236 g/mol. The molecule has 0 radical (unpaired) electrons. The van der Waals surface area contributed by atoms with Gasteiger partial charge in [0.15, 0.2) is 0 Å². The number of anilines is 1. The summed E-state index contributed by atoms with van der Waals surface area (Å²) in [6, 6.07) is 8.08. The summed E-state index contributed by atoms with van der Waals surface area (Å²) < 4.78 is 0. The van der Waals surface area contributed by atoms with Crippen molar-refractivity contribution in [3.63, 3.8) is 0 Å². The maximum atomic E-state index is 12.3. The van der Waals surface area contributed by atoms with Gasteiger partial charge >= 0.3 is 0 Å². The number of hydrogen-bond donors (Lipinski definition) is 1. The van der Waals surface area contributed by atoms with E-state index in [0.29, 0.717) is 12.3 Å². The summed E-state index contributed by atoms with van der Waals surface area (Å²) in [6.07, 6.45) is 0.498. The van der Waals surface area contributed by atoms with Crippen molar-refractivity contribution in [1.29, 1.82) is 5.26 Å². The van der Waals surface area contributed by atoms with Crippen LogP contribution in [0.3, 0.4) is 0 Å². The van der Waals surface area contributed by atoms with E-state index in [2.05, 4.69) is 25.2 Å². The Kier molecular flexibility index (Phi) is 4.72. The van der Waals surface area contributed by atoms with E-state index in [1.807, 2.05) is 32.0 Å². The van der Waals surface area contributed by atoms with E-state index in [9.17, 15) is 10.1 Å². The third kappa shape index (κ3) is 3.14. The fourth-order valence-electron chi connectivity index (χ4n) is 1.88. The van der Waals surface area contributed by atoms with Gasteiger partial charge in [-0.05, 0) is 37.3 Å². The highest BCUT2D eigenvalue weighted by atomic mass is 16.2. The van der Waals surface area contributed by atoms with E-state index in [1.165, 1.54) is 0 Å². The first-order valence-electron chi connectivity index (χ1n) is 6.68. The lowest BCUT2D eigenvalue weighted by Gasteiger charge is -2.22. The van der Waals surface area contributed by atoms with Crippen molar-refractivity contribution < 1.29 is 4.79 Å². The maximum Gasteiger partial charge on any atom is 0.244 e. The number of carbonyl (C=O) groups excluding carboxylic acids is 1. The molecule has 1 aromatic carbocycles. The number of rotatable bonds is 4. The monoisotopic (exact) mass is 258 g/mol. The van der Waals surface area contributed by atoms with Crippen molar-refractivity contribution in [1.82, 2.24) is 0 Å². The van der Waals surface area contributed by atoms with Crippen molar-refractivity contribution in [2.45, 2.75) is 47.0 Å². The molecule has 0 bridgehead atoms. The van der Waals surface area contributed by atoms with Crippen LogP contribution in [0, 0.1) is 23.7 Å². The van der Waals surface area contributed by atoms with Crippen LogP contribution in [0.1, 0.15) is 51.2 Å². The van der Waals surface area contributed by atoms with Crippen LogP contribution in [0.15, 0.2) is 18.2 Å². The molecule has 0 aliphatic rings. The normalized spacial score (nSPS) is 13.7. The molecule has 3 nitrogen and oxygen atoms in total. The van der Waals surface area contributed by atoms with Gasteiger partial charge in [0.1, 0.15) is 5.41 Å². The quantitative estimate of drug-likeness (QED) is 0.887. The van der Waals surface area contributed by atoms with Crippen molar-refractivity contribution >= 4 is 11.6 Å². The van der Waals surface area contributed by atoms with Crippen LogP contribution in [-0.4, -0.2) is 5.91 Å². The van der Waals surface area contributed by atoms with E-state index in [-0.39, 0.29) is 5.91 Å². The molecule has 1 amide bonds. The molecule has 0 heterocycles. The molecule has 0 fully saturated rings. The summed E-state index contributed by atoms with van der Waals surface area (Å²) in [6.45, 7) is 9.68. The smallest absolute Gasteiger partial charge is 0.244 e. The Morgan fingerprint density at radius 1 is 1.47 bits per heavy atom. The standard InChI is InChI=1S/C16H22N2O/c1-6-16(5,10-17)15(19)18-14-12(4)8-7-9-13(14)11(2)3/h7-9,11H,6H2,1-5H3,(H,18,19). The Balaban J connectivity index is 3.14. The van der Waals surface area contributed by atoms with Gasteiger partial charge in [0.2, 0.25) is 5.91 Å². The number of aryl methyl sites for hydroxylation is 1. The van der Waals surface area contributed by atoms with Crippen molar-refractivity contribution in [3.05, 3.63) is 29.3 Å². The van der Waals surface area contributed by atoms with Crippen molar-refractivity contribution in [2.24, 2.45) is 5.41 Å². The predicted molar refractivity (Wildman–Crippen MR) is 77.9 cm³/mol. The first-order valence-corrected chi connectivity index (χ1v) is 6.68. The topological polar surface area (TPSA) is 52.9 Å². The van der Waals surface area contributed by atoms with Gasteiger partial charge in [-0.15, -0.1) is 0 Å². The van der Waals surface area contributed by atoms with E-state index in [0.717, 1.165) is 16.8 Å². The van der Waals surface area contributed by atoms with E-state index in [4.69, 9.17) is 0 Å². The summed E-state index contributed by atoms with van der Waals surface area (Å²) in [7, 11) is 0. The van der Waals surface area contributed by atoms with Crippen LogP contribution in [-0.2, 0) is 4.79 Å². The average molecular weight is 258 g/mol. The molecule has 3 heteroatoms. The molecule has 0 saturated heterocycles. The minimum atomic E-state index is -0.976. The zero-order valence-electron chi connectivity index (χ0n) is 12.4. The first-order chi connectivity index (χ1) is 8.85. The molecule has 1 N–H and O–H groups in total. The number of carbonyl (C=O) groups is 1. The number of benzene rings is 1. The average Bonchev–Trinajstić information content (AvgIpc) is 2.39. The Morgan fingerprint density at radius 3 is 2.58 bits per heavy atom. The summed E-state index contributed by atoms with van der Waals surface area (Å²) in [5.74, 6) is 0.0962. The third-order valence-electron chi connectivity index (χ3n) is 3.62. The molecule has 0 saturated carbocycles. The van der Waals surface area contributed by atoms with Gasteiger partial charge in [0, 0.05) is 5.69 Å². The summed E-state index contributed by atoms with van der Waals surface area (Å²) >= 11 is 0. The third-order valence-corrected chi connectivity index (χ3v) is 3.62. The minimum absolute atomic E-state index is 0.228. The number of nitrogens with one attached hydrogen (secondary N) is 1. The molecule has 1 rings (SSSR count). The minimum Gasteiger partial charge on any atom is -0.324 e. The van der Waals surface area contributed by atoms with Gasteiger partial charge < -0.3 is 5.32 Å². The summed E-state index contributed by atoms with van der Waals surface area (Å²) in [5.41, 5.74) is 1.99. The van der Waals surface area contributed by atoms with E-state index in [1.54, 1.807) is 6.92 Å². The number of nitriles is 1. The summed E-state index contributed by atoms with van der Waals surface area (Å²) in [5, 5.41) is 12.1. The molecule has 0 aliphatic carbocycles. The molecule has 1 unspecified atom stereocenters. The Bertz CT molecular complexity index is 514. The predicted octanol–water partition coefficient (Wildman–Crippen LogP) is 4.00. The lowest BCUT2D eigenvalue weighted by molar-refractivity contribution is -0.122. The molecule has 1 aromatic rings. The van der Waals surface area contributed by atoms with Gasteiger partial charge in [0.05, 0.1) is 6.07 Å². The number of hydrogen-bond acceptors (Lipinski definition) is 2. The fraction of sp³-hybridized carbons (Fsp3) is 0.500. The van der Waals surface area contributed by atoms with E-state index >= 15 is 0 Å². The molecule has 0 aromatic heterocycles. The zero-order valence-corrected chi connectivity index (χ0v) is 12.4. The van der Waals surface area contributed by atoms with Crippen LogP contribution < -0.4 is 5.32 Å². The fourth-order valence-corrected chi connectivity index (χ4v) is 1.88. The maximum absolute atomic E-state index is 12.3. The van der Waals surface area contributed by atoms with Crippen LogP contribution in [0.5, 0.6) is 0 Å². The van der Waals surface area contributed by atoms with Gasteiger partial charge in [0.25, 0.3) is 0 Å². The first kappa shape index (κ1) is 15.2. The van der Waals surface area contributed by atoms with Gasteiger partial charge in [-0.3, -0.25) is 4.79 Å². The lowest BCUT2D eigenvalue weighted by Crippen LogP contribution is -2.32. The van der Waals surface area contributed by atoms with Crippen LogP contribution >= 0.6 is 0 Å². The van der Waals surface area contributed by atoms with Gasteiger partial charge in [-0.25, -0.2) is 0 Å². The molecule has 102 valence electrons. The van der Waals surface area contributed by atoms with Crippen LogP contribution in [0.2, 0.25) is 0 Å². The summed E-state index contributed by atoms with van der Waals surface area (Å²) in [4.78, 5) is 12.3. The molecule has 1 atom stereocenters. The number of nitrogens with zero attached hydrogens (tertiary/aromatic N) is 1. The zero-order chi connectivity index (χ0) is 14.6. The number of amides is 1. The van der Waals surface area contributed by atoms with Crippen LogP contribution in [0.4, 0.5) is 5.69 Å². The van der Waals surface area contributed by atoms with Gasteiger partial charge in [-0.2, -0.15) is 5.26 Å². The molecule has 0 spiro atoms. The molecular formula is C16H22N2O. The highest BCUT2D eigenvalue weighted by molar-refractivity contribution is 5.98. The highest BCUT2D eigenvalue weighted by Crippen LogP contribution is 2.30. The van der Waals surface area contributed by atoms with Crippen LogP contribution in [0.25, 0.3) is 0 Å². The highest BCUT2D eigenvalue weighted by Gasteiger charge is 2.32. The lowest BCUT2D eigenvalue weighted by atomic mass is 9.88. The van der Waals surface area contributed by atoms with Crippen molar-refractivity contribution in [2.75, 3.05) is 5.32 Å². The van der Waals surface area contributed by atoms with E-state index < -0.39 is 5.41 Å². The second-order valence-electron chi connectivity index (χ2n) is 5.45. The Hall–Kier alpha value is -1.82. The van der Waals surface area contributed by atoms with Gasteiger partial charge in [-0.1, -0.05) is 39.0 Å². The Labute approximate surface area is 115 Å². The number of para-hydroxylation sites is 1. The van der Waals surface area contributed by atoms with Crippen molar-refractivity contribution in [3.8, 4) is 6.07 Å².